The van der Waals surface area contributed by atoms with Crippen LogP contribution in [0.1, 0.15) is 22.3 Å². The van der Waals surface area contributed by atoms with Crippen molar-refractivity contribution in [2.45, 2.75) is 30.9 Å². The minimum atomic E-state index is -4.39. The largest absolute Gasteiger partial charge is 0.416 e. The minimum Gasteiger partial charge on any atom is -0.280 e. The summed E-state index contributed by atoms with van der Waals surface area (Å²) >= 11 is 1.22. The Bertz CT molecular complexity index is 1290. The van der Waals surface area contributed by atoms with Crippen LogP contribution in [-0.2, 0) is 11.9 Å². The summed E-state index contributed by atoms with van der Waals surface area (Å²) in [5, 5.41) is 8.48. The van der Waals surface area contributed by atoms with Gasteiger partial charge in [-0.2, -0.15) is 13.2 Å². The molecule has 4 aromatic rings. The molecule has 0 aliphatic rings. The summed E-state index contributed by atoms with van der Waals surface area (Å²) in [6, 6.07) is 10.9. The number of hydrogen-bond donors (Lipinski definition) is 0. The Kier molecular flexibility index (Phi) is 5.15. The van der Waals surface area contributed by atoms with Crippen LogP contribution in [-0.4, -0.2) is 19.2 Å². The van der Waals surface area contributed by atoms with Crippen LogP contribution in [0.25, 0.3) is 11.3 Å². The maximum Gasteiger partial charge on any atom is 0.416 e. The molecule has 2 heterocycles. The lowest BCUT2D eigenvalue weighted by atomic mass is 10.1. The number of halogens is 3. The van der Waals surface area contributed by atoms with Gasteiger partial charge in [0.05, 0.1) is 5.56 Å². The van der Waals surface area contributed by atoms with Crippen molar-refractivity contribution >= 4 is 17.4 Å². The summed E-state index contributed by atoms with van der Waals surface area (Å²) in [5.74, 6) is 0.269. The van der Waals surface area contributed by atoms with Gasteiger partial charge in [-0.1, -0.05) is 36.0 Å². The molecule has 154 valence electrons. The third-order valence-corrected chi connectivity index (χ3v) is 5.84. The van der Waals surface area contributed by atoms with Gasteiger partial charge in [-0.05, 0) is 48.7 Å². The number of aryl methyl sites for hydroxylation is 2. The van der Waals surface area contributed by atoms with Crippen molar-refractivity contribution in [2.75, 3.05) is 0 Å². The number of rotatable bonds is 4. The summed E-state index contributed by atoms with van der Waals surface area (Å²) < 4.78 is 41.7. The molecular weight excluding hydrogens is 413 g/mol. The molecule has 0 radical (unpaired) electrons. The molecule has 0 spiro atoms. The minimum absolute atomic E-state index is 0.155. The van der Waals surface area contributed by atoms with Gasteiger partial charge in [0, 0.05) is 23.8 Å². The number of thioether (sulfide) groups is 1. The molecule has 0 fully saturated rings. The molecule has 5 nitrogen and oxygen atoms in total. The zero-order chi connectivity index (χ0) is 21.5. The molecule has 2 aromatic carbocycles. The van der Waals surface area contributed by atoms with E-state index in [9.17, 15) is 18.0 Å². The molecule has 0 unspecified atom stereocenters. The summed E-state index contributed by atoms with van der Waals surface area (Å²) in [6.45, 7) is 3.97. The number of nitrogens with zero attached hydrogens (tertiary/aromatic N) is 4. The van der Waals surface area contributed by atoms with Gasteiger partial charge >= 0.3 is 11.7 Å². The maximum atomic E-state index is 12.9. The lowest BCUT2D eigenvalue weighted by molar-refractivity contribution is -0.137. The van der Waals surface area contributed by atoms with Crippen LogP contribution in [0, 0.1) is 13.8 Å². The van der Waals surface area contributed by atoms with Crippen molar-refractivity contribution in [1.29, 1.82) is 0 Å². The third-order valence-electron chi connectivity index (χ3n) is 4.83. The van der Waals surface area contributed by atoms with Crippen LogP contribution >= 0.6 is 11.8 Å². The highest BCUT2D eigenvalue weighted by molar-refractivity contribution is 7.98. The van der Waals surface area contributed by atoms with E-state index >= 15 is 0 Å². The van der Waals surface area contributed by atoms with Crippen LogP contribution in [0.2, 0.25) is 0 Å². The molecule has 0 saturated heterocycles. The Morgan fingerprint density at radius 2 is 1.80 bits per heavy atom. The normalized spacial score (nSPS) is 11.9. The molecule has 0 N–H and O–H groups in total. The van der Waals surface area contributed by atoms with Crippen LogP contribution in [0.4, 0.5) is 13.2 Å². The summed E-state index contributed by atoms with van der Waals surface area (Å²) in [6.07, 6.45) is -1.07. The molecule has 0 amide bonds. The molecule has 0 saturated carbocycles. The van der Waals surface area contributed by atoms with Crippen molar-refractivity contribution in [3.63, 3.8) is 0 Å². The molecule has 0 aliphatic heterocycles. The van der Waals surface area contributed by atoms with E-state index in [2.05, 4.69) is 10.2 Å². The molecular formula is C21H17F3N4OS. The quantitative estimate of drug-likeness (QED) is 0.436. The molecule has 0 bridgehead atoms. The maximum absolute atomic E-state index is 12.9. The number of alkyl halides is 3. The molecule has 30 heavy (non-hydrogen) atoms. The highest BCUT2D eigenvalue weighted by Crippen LogP contribution is 2.31. The van der Waals surface area contributed by atoms with E-state index in [0.29, 0.717) is 10.7 Å². The van der Waals surface area contributed by atoms with Crippen molar-refractivity contribution in [2.24, 2.45) is 0 Å². The third kappa shape index (κ3) is 3.85. The summed E-state index contributed by atoms with van der Waals surface area (Å²) in [5.41, 5.74) is 2.58. The average Bonchev–Trinajstić information content (AvgIpc) is 3.12. The number of fused-ring (bicyclic) bond motifs is 1. The Labute approximate surface area is 174 Å². The zero-order valence-corrected chi connectivity index (χ0v) is 17.0. The van der Waals surface area contributed by atoms with Gasteiger partial charge in [0.15, 0.2) is 5.16 Å². The topological polar surface area (TPSA) is 52.2 Å². The molecule has 4 rings (SSSR count). The predicted octanol–water partition coefficient (Wildman–Crippen LogP) is 4.81. The Balaban J connectivity index is 1.62. The van der Waals surface area contributed by atoms with Crippen LogP contribution < -0.4 is 5.56 Å². The van der Waals surface area contributed by atoms with Crippen molar-refractivity contribution in [3.8, 4) is 5.69 Å². The second kappa shape index (κ2) is 7.64. The van der Waals surface area contributed by atoms with Gasteiger partial charge in [-0.3, -0.25) is 13.8 Å². The fraction of sp³-hybridized carbons (Fsp3) is 0.190. The highest BCUT2D eigenvalue weighted by atomic mass is 32.2. The average molecular weight is 430 g/mol. The highest BCUT2D eigenvalue weighted by Gasteiger charge is 2.30. The summed E-state index contributed by atoms with van der Waals surface area (Å²) in [7, 11) is 0. The van der Waals surface area contributed by atoms with Gasteiger partial charge in [-0.25, -0.2) is 0 Å². The fourth-order valence-corrected chi connectivity index (χ4v) is 3.89. The van der Waals surface area contributed by atoms with Gasteiger partial charge in [0.2, 0.25) is 5.65 Å². The van der Waals surface area contributed by atoms with Crippen LogP contribution in [0.3, 0.4) is 0 Å². The molecule has 9 heteroatoms. The van der Waals surface area contributed by atoms with Gasteiger partial charge in [0.1, 0.15) is 0 Å². The van der Waals surface area contributed by atoms with E-state index in [0.717, 1.165) is 28.9 Å². The van der Waals surface area contributed by atoms with Crippen LogP contribution in [0.15, 0.2) is 64.8 Å². The number of hydrogen-bond acceptors (Lipinski definition) is 4. The van der Waals surface area contributed by atoms with E-state index in [-0.39, 0.29) is 17.0 Å². The van der Waals surface area contributed by atoms with Gasteiger partial charge in [0.25, 0.3) is 0 Å². The van der Waals surface area contributed by atoms with Crippen molar-refractivity contribution in [1.82, 2.24) is 19.2 Å². The molecule has 2 aromatic heterocycles. The zero-order valence-electron chi connectivity index (χ0n) is 16.1. The first-order valence-electron chi connectivity index (χ1n) is 9.07. The number of benzene rings is 2. The Morgan fingerprint density at radius 3 is 2.53 bits per heavy atom. The first-order valence-corrected chi connectivity index (χ1v) is 10.1. The second-order valence-electron chi connectivity index (χ2n) is 6.90. The Hall–Kier alpha value is -3.07. The van der Waals surface area contributed by atoms with Crippen molar-refractivity contribution < 1.29 is 13.2 Å². The van der Waals surface area contributed by atoms with E-state index in [1.807, 2.05) is 32.0 Å². The second-order valence-corrected chi connectivity index (χ2v) is 7.85. The predicted molar refractivity (Wildman–Crippen MR) is 109 cm³/mol. The van der Waals surface area contributed by atoms with Crippen LogP contribution in [0.5, 0.6) is 0 Å². The molecule has 0 atom stereocenters. The van der Waals surface area contributed by atoms with Gasteiger partial charge < -0.3 is 0 Å². The van der Waals surface area contributed by atoms with Gasteiger partial charge in [-0.15, -0.1) is 10.2 Å². The van der Waals surface area contributed by atoms with E-state index in [1.54, 1.807) is 22.9 Å². The first-order chi connectivity index (χ1) is 14.2. The monoisotopic (exact) mass is 430 g/mol. The van der Waals surface area contributed by atoms with Crippen molar-refractivity contribution in [3.05, 3.63) is 87.5 Å². The lowest BCUT2D eigenvalue weighted by Crippen LogP contribution is -2.20. The number of aromatic nitrogens is 4. The fourth-order valence-electron chi connectivity index (χ4n) is 3.03. The summed E-state index contributed by atoms with van der Waals surface area (Å²) in [4.78, 5) is 12.9. The Morgan fingerprint density at radius 1 is 1.00 bits per heavy atom. The smallest absolute Gasteiger partial charge is 0.280 e. The first kappa shape index (κ1) is 20.2. The standard InChI is InChI=1S/C21H17F3N4OS/c1-13-6-7-17(10-14(13)2)27-8-9-28-18(19(27)29)25-26-20(28)30-12-15-4-3-5-16(11-15)21(22,23)24/h3-11H,12H2,1-2H3. The van der Waals surface area contributed by atoms with E-state index < -0.39 is 11.7 Å². The molecule has 0 aliphatic carbocycles. The van der Waals surface area contributed by atoms with E-state index in [1.165, 1.54) is 22.4 Å². The lowest BCUT2D eigenvalue weighted by Gasteiger charge is -2.09. The van der Waals surface area contributed by atoms with E-state index in [4.69, 9.17) is 0 Å². The SMILES string of the molecule is Cc1ccc(-n2ccn3c(SCc4cccc(C(F)(F)F)c4)nnc3c2=O)cc1C.